The van der Waals surface area contributed by atoms with Crippen LogP contribution in [0.3, 0.4) is 0 Å². The maximum absolute atomic E-state index is 15.2. The van der Waals surface area contributed by atoms with Crippen LogP contribution in [0.15, 0.2) is 6.07 Å². The van der Waals surface area contributed by atoms with Crippen molar-refractivity contribution >= 4 is 23.4 Å². The first-order valence-electron chi connectivity index (χ1n) is 9.09. The highest BCUT2D eigenvalue weighted by atomic mass is 19.1. The normalized spacial score (nSPS) is 29.6. The van der Waals surface area contributed by atoms with Gasteiger partial charge in [-0.05, 0) is 12.8 Å². The van der Waals surface area contributed by atoms with Crippen LogP contribution >= 0.6 is 0 Å². The van der Waals surface area contributed by atoms with Gasteiger partial charge in [0.1, 0.15) is 11.9 Å². The van der Waals surface area contributed by atoms with Crippen molar-refractivity contribution in [3.63, 3.8) is 0 Å². The monoisotopic (exact) mass is 376 g/mol. The Bertz CT molecular complexity index is 890. The third kappa shape index (κ3) is 2.37. The molecule has 3 fully saturated rings. The van der Waals surface area contributed by atoms with Gasteiger partial charge in [0.25, 0.3) is 5.91 Å². The number of halogens is 2. The van der Waals surface area contributed by atoms with Crippen LogP contribution < -0.4 is 15.5 Å². The van der Waals surface area contributed by atoms with E-state index in [0.717, 1.165) is 19.0 Å². The molecule has 0 radical (unpaired) electrons. The molecular formula is C18H18F2N4O3. The zero-order valence-electron chi connectivity index (χ0n) is 14.4. The van der Waals surface area contributed by atoms with E-state index in [-0.39, 0.29) is 48.3 Å². The maximum Gasteiger partial charge on any atom is 0.258 e. The van der Waals surface area contributed by atoms with Crippen molar-refractivity contribution in [3.8, 4) is 0 Å². The van der Waals surface area contributed by atoms with Crippen molar-refractivity contribution in [2.24, 2.45) is 0 Å². The molecule has 3 atom stereocenters. The van der Waals surface area contributed by atoms with Gasteiger partial charge in [-0.15, -0.1) is 0 Å². The van der Waals surface area contributed by atoms with E-state index in [9.17, 15) is 18.8 Å². The van der Waals surface area contributed by atoms with Crippen molar-refractivity contribution < 1.29 is 23.2 Å². The highest BCUT2D eigenvalue weighted by Crippen LogP contribution is 2.38. The average molecular weight is 376 g/mol. The minimum Gasteiger partial charge on any atom is -0.363 e. The Morgan fingerprint density at radius 2 is 1.96 bits per heavy atom. The number of nitrogens with one attached hydrogen (secondary N) is 2. The number of nitrogens with zero attached hydrogens (tertiary/aromatic N) is 2. The lowest BCUT2D eigenvalue weighted by Gasteiger charge is -2.30. The quantitative estimate of drug-likeness (QED) is 0.725. The van der Waals surface area contributed by atoms with Crippen LogP contribution in [-0.4, -0.2) is 53.8 Å². The molecule has 7 nitrogen and oxygen atoms in total. The van der Waals surface area contributed by atoms with Crippen molar-refractivity contribution in [1.29, 1.82) is 0 Å². The summed E-state index contributed by atoms with van der Waals surface area (Å²) in [6.45, 7) is 1.16. The van der Waals surface area contributed by atoms with Gasteiger partial charge >= 0.3 is 0 Å². The van der Waals surface area contributed by atoms with Gasteiger partial charge < -0.3 is 15.1 Å². The van der Waals surface area contributed by atoms with Crippen LogP contribution in [0.2, 0.25) is 0 Å². The lowest BCUT2D eigenvalue weighted by atomic mass is 10.0. The summed E-state index contributed by atoms with van der Waals surface area (Å²) < 4.78 is 30.0. The minimum absolute atomic E-state index is 0.00423. The van der Waals surface area contributed by atoms with Gasteiger partial charge in [0.15, 0.2) is 5.82 Å². The molecular weight excluding hydrogens is 358 g/mol. The minimum atomic E-state index is -0.892. The third-order valence-corrected chi connectivity index (χ3v) is 6.05. The molecule has 0 saturated carbocycles. The molecule has 2 N–H and O–H groups in total. The van der Waals surface area contributed by atoms with E-state index in [1.54, 1.807) is 0 Å². The molecule has 5 rings (SSSR count). The molecule has 3 amide bonds. The van der Waals surface area contributed by atoms with E-state index < -0.39 is 35.4 Å². The fourth-order valence-electron chi connectivity index (χ4n) is 4.73. The van der Waals surface area contributed by atoms with Crippen LogP contribution in [0.1, 0.15) is 35.2 Å². The van der Waals surface area contributed by atoms with Gasteiger partial charge in [-0.2, -0.15) is 0 Å². The molecule has 27 heavy (non-hydrogen) atoms. The van der Waals surface area contributed by atoms with Crippen LogP contribution in [0.25, 0.3) is 0 Å². The molecule has 0 spiro atoms. The number of carbonyl (C=O) groups is 3. The van der Waals surface area contributed by atoms with Crippen LogP contribution in [0.4, 0.5) is 14.5 Å². The van der Waals surface area contributed by atoms with Crippen molar-refractivity contribution in [1.82, 2.24) is 15.5 Å². The summed E-state index contributed by atoms with van der Waals surface area (Å²) in [7, 11) is 0. The zero-order valence-corrected chi connectivity index (χ0v) is 14.4. The summed E-state index contributed by atoms with van der Waals surface area (Å²) in [6, 6.07) is 0.593. The maximum atomic E-state index is 15.2. The fourth-order valence-corrected chi connectivity index (χ4v) is 4.73. The number of piperazine rings is 1. The van der Waals surface area contributed by atoms with Gasteiger partial charge in [0.05, 0.1) is 17.8 Å². The Morgan fingerprint density at radius 3 is 2.63 bits per heavy atom. The molecule has 4 aliphatic heterocycles. The van der Waals surface area contributed by atoms with Gasteiger partial charge in [-0.3, -0.25) is 19.7 Å². The van der Waals surface area contributed by atoms with Crippen molar-refractivity contribution in [2.45, 2.75) is 43.9 Å². The smallest absolute Gasteiger partial charge is 0.258 e. The number of amides is 3. The third-order valence-electron chi connectivity index (χ3n) is 6.05. The molecule has 142 valence electrons. The Hall–Kier alpha value is -2.55. The molecule has 0 aromatic heterocycles. The molecule has 1 aromatic rings. The number of benzene rings is 1. The van der Waals surface area contributed by atoms with E-state index >= 15 is 4.39 Å². The molecule has 4 heterocycles. The van der Waals surface area contributed by atoms with Gasteiger partial charge in [-0.25, -0.2) is 8.78 Å². The predicted molar refractivity (Wildman–Crippen MR) is 89.9 cm³/mol. The van der Waals surface area contributed by atoms with Crippen molar-refractivity contribution in [2.75, 3.05) is 18.0 Å². The first-order valence-corrected chi connectivity index (χ1v) is 9.09. The summed E-state index contributed by atoms with van der Waals surface area (Å²) in [6.07, 6.45) is 1.14. The second kappa shape index (κ2) is 5.72. The number of hydrogen-bond acceptors (Lipinski definition) is 5. The number of piperidine rings is 1. The summed E-state index contributed by atoms with van der Waals surface area (Å²) in [4.78, 5) is 39.1. The summed E-state index contributed by atoms with van der Waals surface area (Å²) in [5, 5.41) is 5.50. The SMILES string of the molecule is O=C1CCC(N2Cc3c(F)c(N4CC5CC4CN5)cc(F)c3C2=O)C(=O)N1. The Kier molecular flexibility index (Phi) is 3.52. The predicted octanol–water partition coefficient (Wildman–Crippen LogP) is 0.276. The first-order chi connectivity index (χ1) is 12.9. The molecule has 9 heteroatoms. The summed E-state index contributed by atoms with van der Waals surface area (Å²) in [5.41, 5.74) is -0.128. The number of rotatable bonds is 2. The topological polar surface area (TPSA) is 81.8 Å². The molecule has 1 aromatic carbocycles. The highest BCUT2D eigenvalue weighted by Gasteiger charge is 2.44. The fraction of sp³-hybridized carbons (Fsp3) is 0.500. The van der Waals surface area contributed by atoms with Gasteiger partial charge in [-0.1, -0.05) is 0 Å². The van der Waals surface area contributed by atoms with E-state index in [0.29, 0.717) is 6.54 Å². The van der Waals surface area contributed by atoms with E-state index in [2.05, 4.69) is 10.6 Å². The summed E-state index contributed by atoms with van der Waals surface area (Å²) in [5.74, 6) is -3.07. The van der Waals surface area contributed by atoms with Crippen LogP contribution in [0, 0.1) is 11.6 Å². The van der Waals surface area contributed by atoms with Crippen LogP contribution in [0.5, 0.6) is 0 Å². The number of anilines is 1. The standard InChI is InChI=1S/C18H18F2N4O3/c19-11-4-13(23-6-8-3-9(23)5-21-8)16(20)10-7-24(18(27)15(10)11)12-1-2-14(25)22-17(12)26/h4,8-9,12,21H,1-3,5-7H2,(H,22,25,26). The number of carbonyl (C=O) groups excluding carboxylic acids is 3. The molecule has 3 saturated heterocycles. The number of hydrogen-bond donors (Lipinski definition) is 2. The number of imide groups is 1. The first kappa shape index (κ1) is 16.6. The van der Waals surface area contributed by atoms with Crippen molar-refractivity contribution in [3.05, 3.63) is 28.8 Å². The Labute approximate surface area is 153 Å². The largest absolute Gasteiger partial charge is 0.363 e. The molecule has 2 bridgehead atoms. The molecule has 4 aliphatic rings. The van der Waals surface area contributed by atoms with E-state index in [1.165, 1.54) is 4.90 Å². The Morgan fingerprint density at radius 1 is 1.15 bits per heavy atom. The average Bonchev–Trinajstić information content (AvgIpc) is 3.33. The lowest BCUT2D eigenvalue weighted by molar-refractivity contribution is -0.136. The zero-order chi connectivity index (χ0) is 18.9. The van der Waals surface area contributed by atoms with Crippen LogP contribution in [-0.2, 0) is 16.1 Å². The second-order valence-corrected chi connectivity index (χ2v) is 7.59. The molecule has 3 unspecified atom stereocenters. The number of fused-ring (bicyclic) bond motifs is 3. The lowest BCUT2D eigenvalue weighted by Crippen LogP contribution is -2.52. The van der Waals surface area contributed by atoms with Gasteiger partial charge in [0.2, 0.25) is 11.8 Å². The highest BCUT2D eigenvalue weighted by molar-refractivity contribution is 6.05. The van der Waals surface area contributed by atoms with E-state index in [1.807, 2.05) is 4.90 Å². The molecule has 0 aliphatic carbocycles. The Balaban J connectivity index is 1.49. The van der Waals surface area contributed by atoms with Gasteiger partial charge in [0, 0.05) is 43.2 Å². The van der Waals surface area contributed by atoms with E-state index in [4.69, 9.17) is 0 Å². The second-order valence-electron chi connectivity index (χ2n) is 7.59. The summed E-state index contributed by atoms with van der Waals surface area (Å²) >= 11 is 0.